The summed E-state index contributed by atoms with van der Waals surface area (Å²) in [4.78, 5) is 11.5. The van der Waals surface area contributed by atoms with E-state index in [9.17, 15) is 15.0 Å². The van der Waals surface area contributed by atoms with E-state index in [1.807, 2.05) is 0 Å². The Morgan fingerprint density at radius 3 is 2.67 bits per heavy atom. The molecule has 3 N–H and O–H groups in total. The first-order valence-electron chi connectivity index (χ1n) is 5.35. The van der Waals surface area contributed by atoms with E-state index in [2.05, 4.69) is 5.32 Å². The van der Waals surface area contributed by atoms with Gasteiger partial charge in [0.05, 0.1) is 5.60 Å². The molecule has 0 aromatic rings. The Labute approximate surface area is 93.4 Å². The fourth-order valence-electron chi connectivity index (χ4n) is 2.62. The maximum absolute atomic E-state index is 11.5. The highest BCUT2D eigenvalue weighted by Gasteiger charge is 2.57. The summed E-state index contributed by atoms with van der Waals surface area (Å²) in [6.07, 6.45) is 2.03. The van der Waals surface area contributed by atoms with Crippen molar-refractivity contribution >= 4 is 17.7 Å². The minimum Gasteiger partial charge on any atom is -0.481 e. The molecule has 0 bridgehead atoms. The van der Waals surface area contributed by atoms with Crippen LogP contribution in [0.2, 0.25) is 0 Å². The summed E-state index contributed by atoms with van der Waals surface area (Å²) in [5.41, 5.74) is -1.98. The van der Waals surface area contributed by atoms with Gasteiger partial charge in [0.2, 0.25) is 0 Å². The van der Waals surface area contributed by atoms with Gasteiger partial charge in [-0.1, -0.05) is 0 Å². The standard InChI is InChI=1S/C10H17NO3S/c12-8(13)9(2-1-4-11-6-9)10(14)3-5-15-7-10/h11,14H,1-7H2,(H,12,13). The third-order valence-corrected chi connectivity index (χ3v) is 4.86. The number of carbonyl (C=O) groups is 1. The summed E-state index contributed by atoms with van der Waals surface area (Å²) in [6.45, 7) is 1.26. The van der Waals surface area contributed by atoms with Gasteiger partial charge in [0, 0.05) is 12.3 Å². The zero-order chi connectivity index (χ0) is 10.9. The van der Waals surface area contributed by atoms with Crippen molar-refractivity contribution in [3.8, 4) is 0 Å². The third-order valence-electron chi connectivity index (χ3n) is 3.68. The molecule has 0 aliphatic carbocycles. The van der Waals surface area contributed by atoms with Gasteiger partial charge in [-0.15, -0.1) is 0 Å². The molecule has 0 aromatic carbocycles. The van der Waals surface area contributed by atoms with E-state index in [1.54, 1.807) is 11.8 Å². The molecule has 0 radical (unpaired) electrons. The molecule has 2 rings (SSSR count). The molecular weight excluding hydrogens is 214 g/mol. The minimum absolute atomic E-state index is 0.402. The van der Waals surface area contributed by atoms with Crippen molar-refractivity contribution in [3.63, 3.8) is 0 Å². The Bertz CT molecular complexity index is 257. The van der Waals surface area contributed by atoms with E-state index in [-0.39, 0.29) is 0 Å². The number of aliphatic carboxylic acids is 1. The Morgan fingerprint density at radius 1 is 1.40 bits per heavy atom. The lowest BCUT2D eigenvalue weighted by Gasteiger charge is -2.44. The van der Waals surface area contributed by atoms with E-state index in [0.717, 1.165) is 18.7 Å². The lowest BCUT2D eigenvalue weighted by Crippen LogP contribution is -2.60. The summed E-state index contributed by atoms with van der Waals surface area (Å²) < 4.78 is 0. The van der Waals surface area contributed by atoms with Crippen LogP contribution >= 0.6 is 11.8 Å². The van der Waals surface area contributed by atoms with E-state index < -0.39 is 17.0 Å². The molecule has 0 amide bonds. The predicted octanol–water partition coefficient (Wildman–Crippen LogP) is 0.309. The number of carboxylic acid groups (broad SMARTS) is 1. The average molecular weight is 231 g/mol. The van der Waals surface area contributed by atoms with E-state index in [4.69, 9.17) is 0 Å². The molecule has 2 unspecified atom stereocenters. The molecular formula is C10H17NO3S. The first-order valence-corrected chi connectivity index (χ1v) is 6.50. The summed E-state index contributed by atoms with van der Waals surface area (Å²) in [6, 6.07) is 0. The van der Waals surface area contributed by atoms with E-state index >= 15 is 0 Å². The zero-order valence-electron chi connectivity index (χ0n) is 8.66. The van der Waals surface area contributed by atoms with Gasteiger partial charge in [-0.3, -0.25) is 4.79 Å². The maximum atomic E-state index is 11.5. The number of nitrogens with one attached hydrogen (secondary N) is 1. The molecule has 2 saturated heterocycles. The molecule has 2 aliphatic heterocycles. The average Bonchev–Trinajstić information content (AvgIpc) is 2.67. The van der Waals surface area contributed by atoms with E-state index in [0.29, 0.717) is 25.1 Å². The van der Waals surface area contributed by atoms with Crippen molar-refractivity contribution in [2.45, 2.75) is 24.9 Å². The molecule has 5 heteroatoms. The summed E-state index contributed by atoms with van der Waals surface area (Å²) in [5, 5.41) is 23.0. The second kappa shape index (κ2) is 3.96. The second-order valence-electron chi connectivity index (χ2n) is 4.50. The third kappa shape index (κ3) is 1.66. The monoisotopic (exact) mass is 231 g/mol. The molecule has 0 saturated carbocycles. The van der Waals surface area contributed by atoms with Crippen LogP contribution in [-0.4, -0.2) is 46.4 Å². The summed E-state index contributed by atoms with van der Waals surface area (Å²) >= 11 is 1.65. The highest BCUT2D eigenvalue weighted by Crippen LogP contribution is 2.46. The van der Waals surface area contributed by atoms with Crippen LogP contribution in [0.4, 0.5) is 0 Å². The molecule has 0 aromatic heterocycles. The number of hydrogen-bond acceptors (Lipinski definition) is 4. The van der Waals surface area contributed by atoms with Gasteiger partial charge in [-0.05, 0) is 31.6 Å². The van der Waals surface area contributed by atoms with Gasteiger partial charge in [-0.2, -0.15) is 11.8 Å². The van der Waals surface area contributed by atoms with Crippen LogP contribution in [-0.2, 0) is 4.79 Å². The smallest absolute Gasteiger partial charge is 0.313 e. The summed E-state index contributed by atoms with van der Waals surface area (Å²) in [7, 11) is 0. The lowest BCUT2D eigenvalue weighted by molar-refractivity contribution is -0.169. The van der Waals surface area contributed by atoms with E-state index in [1.165, 1.54) is 0 Å². The summed E-state index contributed by atoms with van der Waals surface area (Å²) in [5.74, 6) is 0.576. The van der Waals surface area contributed by atoms with Gasteiger partial charge < -0.3 is 15.5 Å². The first-order chi connectivity index (χ1) is 7.11. The molecule has 4 nitrogen and oxygen atoms in total. The lowest BCUT2D eigenvalue weighted by atomic mass is 9.67. The van der Waals surface area contributed by atoms with Crippen molar-refractivity contribution in [2.24, 2.45) is 5.41 Å². The topological polar surface area (TPSA) is 69.6 Å². The molecule has 0 spiro atoms. The van der Waals surface area contributed by atoms with Crippen molar-refractivity contribution in [1.82, 2.24) is 5.32 Å². The number of hydrogen-bond donors (Lipinski definition) is 3. The fraction of sp³-hybridized carbons (Fsp3) is 0.900. The Hall–Kier alpha value is -0.260. The van der Waals surface area contributed by atoms with Crippen LogP contribution in [0.5, 0.6) is 0 Å². The molecule has 86 valence electrons. The molecule has 2 fully saturated rings. The predicted molar refractivity (Wildman–Crippen MR) is 59.1 cm³/mol. The van der Waals surface area contributed by atoms with Crippen LogP contribution in [0.3, 0.4) is 0 Å². The largest absolute Gasteiger partial charge is 0.481 e. The van der Waals surface area contributed by atoms with Gasteiger partial charge >= 0.3 is 5.97 Å². The number of carboxylic acids is 1. The van der Waals surface area contributed by atoms with Crippen molar-refractivity contribution in [2.75, 3.05) is 24.6 Å². The quantitative estimate of drug-likeness (QED) is 0.638. The zero-order valence-corrected chi connectivity index (χ0v) is 9.48. The Morgan fingerprint density at radius 2 is 2.20 bits per heavy atom. The number of rotatable bonds is 2. The van der Waals surface area contributed by atoms with Gasteiger partial charge in [0.1, 0.15) is 5.41 Å². The highest BCUT2D eigenvalue weighted by atomic mass is 32.2. The van der Waals surface area contributed by atoms with Crippen LogP contribution in [0.1, 0.15) is 19.3 Å². The van der Waals surface area contributed by atoms with Crippen LogP contribution in [0.15, 0.2) is 0 Å². The Kier molecular flexibility index (Phi) is 2.96. The highest BCUT2D eigenvalue weighted by molar-refractivity contribution is 7.99. The van der Waals surface area contributed by atoms with Gasteiger partial charge in [0.25, 0.3) is 0 Å². The van der Waals surface area contributed by atoms with Gasteiger partial charge in [-0.25, -0.2) is 0 Å². The van der Waals surface area contributed by atoms with Crippen LogP contribution < -0.4 is 5.32 Å². The number of aliphatic hydroxyl groups is 1. The SMILES string of the molecule is O=C(O)C1(C2(O)CCSC2)CCCNC1. The van der Waals surface area contributed by atoms with Crippen molar-refractivity contribution < 1.29 is 15.0 Å². The maximum Gasteiger partial charge on any atom is 0.313 e. The normalized spacial score (nSPS) is 41.7. The van der Waals surface area contributed by atoms with Gasteiger partial charge in [0.15, 0.2) is 0 Å². The van der Waals surface area contributed by atoms with Crippen LogP contribution in [0.25, 0.3) is 0 Å². The first kappa shape index (κ1) is 11.2. The fourth-order valence-corrected chi connectivity index (χ4v) is 4.00. The molecule has 2 heterocycles. The number of thioether (sulfide) groups is 1. The van der Waals surface area contributed by atoms with Crippen molar-refractivity contribution in [1.29, 1.82) is 0 Å². The molecule has 15 heavy (non-hydrogen) atoms. The second-order valence-corrected chi connectivity index (χ2v) is 5.61. The van der Waals surface area contributed by atoms with Crippen LogP contribution in [0, 0.1) is 5.41 Å². The minimum atomic E-state index is -1.02. The van der Waals surface area contributed by atoms with Crippen molar-refractivity contribution in [3.05, 3.63) is 0 Å². The molecule has 2 aliphatic rings. The number of piperidine rings is 1. The Balaban J connectivity index is 2.28. The molecule has 2 atom stereocenters.